The smallest absolute Gasteiger partial charge is 0.246 e. The molecule has 1 aliphatic heterocycles. The van der Waals surface area contributed by atoms with Crippen molar-refractivity contribution < 1.29 is 21.6 Å². The number of benzene rings is 2. The standard InChI is InChI=1S/C18H16NO.Co/c1-2-18(20)19-12-15-10-6-7-11-16(15)17(13-19)14-8-4-3-5-9-14;/h2-6,8-11,17H,1,12-13H2;/q-1;/t17-;/m1./s1. The second kappa shape index (κ2) is 6.74. The van der Waals surface area contributed by atoms with E-state index in [9.17, 15) is 4.79 Å². The Hall–Kier alpha value is -1.84. The molecule has 2 nitrogen and oxygen atoms in total. The van der Waals surface area contributed by atoms with Gasteiger partial charge in [-0.1, -0.05) is 42.5 Å². The van der Waals surface area contributed by atoms with E-state index in [2.05, 4.69) is 24.8 Å². The van der Waals surface area contributed by atoms with Crippen molar-refractivity contribution in [3.05, 3.63) is 83.9 Å². The topological polar surface area (TPSA) is 20.3 Å². The molecule has 1 atom stereocenters. The van der Waals surface area contributed by atoms with Gasteiger partial charge in [0.05, 0.1) is 0 Å². The zero-order valence-corrected chi connectivity index (χ0v) is 12.6. The predicted molar refractivity (Wildman–Crippen MR) is 79.2 cm³/mol. The molecule has 0 aliphatic carbocycles. The van der Waals surface area contributed by atoms with Crippen molar-refractivity contribution >= 4 is 5.91 Å². The van der Waals surface area contributed by atoms with Crippen molar-refractivity contribution in [3.8, 4) is 0 Å². The van der Waals surface area contributed by atoms with Gasteiger partial charge in [0.1, 0.15) is 0 Å². The molecule has 3 rings (SSSR count). The van der Waals surface area contributed by atoms with E-state index in [1.165, 1.54) is 22.8 Å². The molecule has 1 radical (unpaired) electrons. The summed E-state index contributed by atoms with van der Waals surface area (Å²) in [6, 6.07) is 19.5. The number of hydrogen-bond acceptors (Lipinski definition) is 1. The molecule has 0 N–H and O–H groups in total. The van der Waals surface area contributed by atoms with Gasteiger partial charge in [0.25, 0.3) is 0 Å². The summed E-state index contributed by atoms with van der Waals surface area (Å²) in [7, 11) is 0. The number of rotatable bonds is 2. The van der Waals surface area contributed by atoms with Gasteiger partial charge in [0.2, 0.25) is 5.91 Å². The summed E-state index contributed by atoms with van der Waals surface area (Å²) < 4.78 is 0. The number of carbonyl (C=O) groups excluding carboxylic acids is 1. The fourth-order valence-electron chi connectivity index (χ4n) is 2.80. The van der Waals surface area contributed by atoms with Crippen LogP contribution in [0.4, 0.5) is 0 Å². The fraction of sp³-hybridized carbons (Fsp3) is 0.167. The number of nitrogens with zero attached hydrogens (tertiary/aromatic N) is 1. The van der Waals surface area contributed by atoms with Gasteiger partial charge in [-0.25, -0.2) is 0 Å². The van der Waals surface area contributed by atoms with Gasteiger partial charge in [-0.2, -0.15) is 24.3 Å². The van der Waals surface area contributed by atoms with Crippen LogP contribution in [0.1, 0.15) is 22.6 Å². The summed E-state index contributed by atoms with van der Waals surface area (Å²) in [5.74, 6) is 0.200. The van der Waals surface area contributed by atoms with Crippen LogP contribution in [0.5, 0.6) is 0 Å². The molecular weight excluding hydrogens is 305 g/mol. The molecule has 0 saturated carbocycles. The third-order valence-electron chi connectivity index (χ3n) is 3.82. The average molecular weight is 321 g/mol. The first-order valence-corrected chi connectivity index (χ1v) is 6.74. The maximum atomic E-state index is 12.0. The fourth-order valence-corrected chi connectivity index (χ4v) is 2.80. The van der Waals surface area contributed by atoms with Crippen molar-refractivity contribution in [2.75, 3.05) is 6.54 Å². The number of hydrogen-bond donors (Lipinski definition) is 0. The minimum Gasteiger partial charge on any atom is -0.337 e. The van der Waals surface area contributed by atoms with E-state index in [1.54, 1.807) is 0 Å². The summed E-state index contributed by atoms with van der Waals surface area (Å²) in [5.41, 5.74) is 3.70. The van der Waals surface area contributed by atoms with E-state index in [4.69, 9.17) is 0 Å². The van der Waals surface area contributed by atoms with Crippen molar-refractivity contribution in [2.24, 2.45) is 0 Å². The summed E-state index contributed by atoms with van der Waals surface area (Å²) in [6.45, 7) is 4.94. The molecular formula is C18H16CoNO-. The van der Waals surface area contributed by atoms with Crippen LogP contribution in [0.3, 0.4) is 0 Å². The summed E-state index contributed by atoms with van der Waals surface area (Å²) >= 11 is 0. The van der Waals surface area contributed by atoms with Gasteiger partial charge in [0.15, 0.2) is 0 Å². The van der Waals surface area contributed by atoms with Crippen molar-refractivity contribution in [3.63, 3.8) is 0 Å². The monoisotopic (exact) mass is 321 g/mol. The summed E-state index contributed by atoms with van der Waals surface area (Å²) in [6.07, 6.45) is 1.39. The van der Waals surface area contributed by atoms with Crippen molar-refractivity contribution in [1.29, 1.82) is 0 Å². The van der Waals surface area contributed by atoms with E-state index in [0.29, 0.717) is 13.1 Å². The third kappa shape index (κ3) is 3.09. The van der Waals surface area contributed by atoms with E-state index in [1.807, 2.05) is 41.3 Å². The van der Waals surface area contributed by atoms with Crippen LogP contribution >= 0.6 is 0 Å². The molecule has 0 bridgehead atoms. The van der Waals surface area contributed by atoms with E-state index in [0.717, 1.165) is 0 Å². The van der Waals surface area contributed by atoms with Crippen LogP contribution in [0.2, 0.25) is 0 Å². The van der Waals surface area contributed by atoms with Crippen LogP contribution in [-0.4, -0.2) is 17.4 Å². The molecule has 1 heterocycles. The maximum Gasteiger partial charge on any atom is 0.246 e. The zero-order chi connectivity index (χ0) is 13.9. The Labute approximate surface area is 135 Å². The van der Waals surface area contributed by atoms with E-state index in [-0.39, 0.29) is 28.6 Å². The molecule has 0 aromatic heterocycles. The summed E-state index contributed by atoms with van der Waals surface area (Å²) in [4.78, 5) is 13.8. The SMILES string of the molecule is C=CC(=O)N1Cc2cc[c-]cc2[C@@H](c2ccccc2)C1.[Co]. The average Bonchev–Trinajstić information content (AvgIpc) is 2.54. The molecule has 0 saturated heterocycles. The Morgan fingerprint density at radius 1 is 1.29 bits per heavy atom. The molecule has 1 aliphatic rings. The van der Waals surface area contributed by atoms with Crippen LogP contribution in [0.15, 0.2) is 61.2 Å². The third-order valence-corrected chi connectivity index (χ3v) is 3.82. The van der Waals surface area contributed by atoms with Crippen LogP contribution in [0.25, 0.3) is 0 Å². The van der Waals surface area contributed by atoms with Crippen molar-refractivity contribution in [1.82, 2.24) is 4.90 Å². The normalized spacial score (nSPS) is 16.6. The first kappa shape index (κ1) is 15.5. The molecule has 2 aromatic carbocycles. The Bertz CT molecular complexity index is 639. The van der Waals surface area contributed by atoms with Crippen LogP contribution in [-0.2, 0) is 28.1 Å². The van der Waals surface area contributed by atoms with E-state index < -0.39 is 0 Å². The number of fused-ring (bicyclic) bond motifs is 1. The Balaban J connectivity index is 0.00000161. The second-order valence-electron chi connectivity index (χ2n) is 5.01. The molecule has 21 heavy (non-hydrogen) atoms. The minimum atomic E-state index is -0.00980. The van der Waals surface area contributed by atoms with Gasteiger partial charge in [-0.05, 0) is 12.0 Å². The predicted octanol–water partition coefficient (Wildman–Crippen LogP) is 3.14. The Morgan fingerprint density at radius 2 is 2.05 bits per heavy atom. The van der Waals surface area contributed by atoms with Gasteiger partial charge in [-0.3, -0.25) is 4.79 Å². The molecule has 0 unspecified atom stereocenters. The molecule has 1 amide bonds. The van der Waals surface area contributed by atoms with Gasteiger partial charge < -0.3 is 4.90 Å². The van der Waals surface area contributed by atoms with Gasteiger partial charge >= 0.3 is 0 Å². The minimum absolute atomic E-state index is 0. The van der Waals surface area contributed by atoms with Crippen LogP contribution in [0, 0.1) is 6.07 Å². The maximum absolute atomic E-state index is 12.0. The first-order valence-electron chi connectivity index (χ1n) is 6.74. The second-order valence-corrected chi connectivity index (χ2v) is 5.01. The van der Waals surface area contributed by atoms with Crippen molar-refractivity contribution in [2.45, 2.75) is 12.5 Å². The quantitative estimate of drug-likeness (QED) is 0.615. The van der Waals surface area contributed by atoms with Crippen LogP contribution < -0.4 is 0 Å². The molecule has 0 fully saturated rings. The molecule has 109 valence electrons. The molecule has 3 heteroatoms. The van der Waals surface area contributed by atoms with Gasteiger partial charge in [-0.15, -0.1) is 11.1 Å². The Morgan fingerprint density at radius 3 is 2.76 bits per heavy atom. The first-order chi connectivity index (χ1) is 9.79. The number of amides is 1. The summed E-state index contributed by atoms with van der Waals surface area (Å²) in [5, 5.41) is 0. The van der Waals surface area contributed by atoms with Gasteiger partial charge in [0, 0.05) is 29.9 Å². The van der Waals surface area contributed by atoms with E-state index >= 15 is 0 Å². The zero-order valence-electron chi connectivity index (χ0n) is 11.6. The molecule has 0 spiro atoms. The molecule has 2 aromatic rings. The number of carbonyl (C=O) groups is 1. The Kier molecular flexibility index (Phi) is 4.99. The largest absolute Gasteiger partial charge is 0.337 e.